The molecule has 2 fully saturated rings. The van der Waals surface area contributed by atoms with E-state index < -0.39 is 23.6 Å². The number of alkyl halides is 7. The van der Waals surface area contributed by atoms with Crippen molar-refractivity contribution >= 4 is 0 Å². The van der Waals surface area contributed by atoms with Gasteiger partial charge in [-0.3, -0.25) is 0 Å². The number of hydrogen-bond donors (Lipinski definition) is 1. The maximum absolute atomic E-state index is 12.7. The minimum atomic E-state index is -4.51. The van der Waals surface area contributed by atoms with E-state index in [1.807, 2.05) is 0 Å². The molecule has 2 aliphatic rings. The fraction of sp³-hybridized carbons (Fsp3) is 1.00. The summed E-state index contributed by atoms with van der Waals surface area (Å²) >= 11 is 0. The molecule has 1 N–H and O–H groups in total. The average molecular weight is 380 g/mol. The summed E-state index contributed by atoms with van der Waals surface area (Å²) in [7, 11) is 0. The third-order valence-electron chi connectivity index (χ3n) is 6.08. The Balaban J connectivity index is 0.000000333. The highest BCUT2D eigenvalue weighted by Gasteiger charge is 2.55. The van der Waals surface area contributed by atoms with Gasteiger partial charge >= 0.3 is 18.0 Å². The van der Waals surface area contributed by atoms with Crippen LogP contribution in [0.5, 0.6) is 0 Å². The normalized spacial score (nSPS) is 35.2. The Morgan fingerprint density at radius 1 is 0.800 bits per heavy atom. The molecule has 0 saturated heterocycles. The van der Waals surface area contributed by atoms with Crippen molar-refractivity contribution in [2.45, 2.75) is 77.5 Å². The van der Waals surface area contributed by atoms with Crippen LogP contribution in [0.4, 0.5) is 30.7 Å². The summed E-state index contributed by atoms with van der Waals surface area (Å²) in [6, 6.07) is 0. The first kappa shape index (κ1) is 22.5. The second kappa shape index (κ2) is 6.89. The van der Waals surface area contributed by atoms with Gasteiger partial charge < -0.3 is 5.11 Å². The molecule has 1 nitrogen and oxygen atoms in total. The highest BCUT2D eigenvalue weighted by Crippen LogP contribution is 2.57. The van der Waals surface area contributed by atoms with Crippen molar-refractivity contribution in [3.8, 4) is 0 Å². The zero-order chi connectivity index (χ0) is 20.0. The quantitative estimate of drug-likeness (QED) is 0.603. The van der Waals surface area contributed by atoms with Gasteiger partial charge in [0.25, 0.3) is 0 Å². The fourth-order valence-corrected chi connectivity index (χ4v) is 3.96. The molecule has 2 aliphatic carbocycles. The largest absolute Gasteiger partial charge is 0.416 e. The van der Waals surface area contributed by atoms with E-state index in [0.717, 1.165) is 19.8 Å². The molecule has 2 bridgehead atoms. The van der Waals surface area contributed by atoms with Crippen LogP contribution in [0.25, 0.3) is 0 Å². The van der Waals surface area contributed by atoms with Gasteiger partial charge in [0, 0.05) is 13.8 Å². The van der Waals surface area contributed by atoms with Crippen LogP contribution in [0.3, 0.4) is 0 Å². The summed E-state index contributed by atoms with van der Waals surface area (Å²) < 4.78 is 83.9. The van der Waals surface area contributed by atoms with E-state index in [4.69, 9.17) is 0 Å². The molecule has 0 amide bonds. The van der Waals surface area contributed by atoms with E-state index in [9.17, 15) is 35.8 Å². The van der Waals surface area contributed by atoms with Crippen LogP contribution in [0.15, 0.2) is 0 Å². The second-order valence-corrected chi connectivity index (χ2v) is 8.13. The Morgan fingerprint density at radius 2 is 1.24 bits per heavy atom. The van der Waals surface area contributed by atoms with E-state index in [0.29, 0.717) is 23.7 Å². The molecular formula is C17H27F7O. The van der Waals surface area contributed by atoms with Gasteiger partial charge in [-0.05, 0) is 55.8 Å². The molecule has 0 heterocycles. The number of fused-ring (bicyclic) bond motifs is 2. The van der Waals surface area contributed by atoms with E-state index in [2.05, 4.69) is 13.8 Å². The molecule has 0 aromatic heterocycles. The third kappa shape index (κ3) is 5.01. The van der Waals surface area contributed by atoms with Gasteiger partial charge in [-0.2, -0.15) is 13.2 Å². The highest BCUT2D eigenvalue weighted by atomic mass is 19.4. The smallest absolute Gasteiger partial charge is 0.381 e. The third-order valence-corrected chi connectivity index (χ3v) is 6.08. The Hall–Kier alpha value is -0.530. The van der Waals surface area contributed by atoms with Crippen molar-refractivity contribution in [3.63, 3.8) is 0 Å². The van der Waals surface area contributed by atoms with Crippen LogP contribution >= 0.6 is 0 Å². The number of hydrogen-bond acceptors (Lipinski definition) is 1. The van der Waals surface area contributed by atoms with Crippen LogP contribution in [-0.2, 0) is 0 Å². The van der Waals surface area contributed by atoms with Gasteiger partial charge in [-0.25, -0.2) is 17.6 Å². The monoisotopic (exact) mass is 380 g/mol. The molecule has 0 aliphatic heterocycles. The Morgan fingerprint density at radius 3 is 1.52 bits per heavy atom. The lowest BCUT2D eigenvalue weighted by Gasteiger charge is -2.36. The minimum absolute atomic E-state index is 0.0443. The summed E-state index contributed by atoms with van der Waals surface area (Å²) in [5.74, 6) is -5.66. The minimum Gasteiger partial charge on any atom is -0.381 e. The Bertz CT molecular complexity index is 433. The molecule has 0 aromatic rings. The van der Waals surface area contributed by atoms with Crippen LogP contribution in [0.1, 0.15) is 53.9 Å². The van der Waals surface area contributed by atoms with Crippen LogP contribution in [0, 0.1) is 29.6 Å². The van der Waals surface area contributed by atoms with Crippen molar-refractivity contribution in [3.05, 3.63) is 0 Å². The molecule has 25 heavy (non-hydrogen) atoms. The lowest BCUT2D eigenvalue weighted by atomic mass is 9.72. The van der Waals surface area contributed by atoms with Crippen molar-refractivity contribution in [2.75, 3.05) is 0 Å². The molecule has 0 spiro atoms. The summed E-state index contributed by atoms with van der Waals surface area (Å²) in [6.45, 7) is 5.63. The molecule has 6 atom stereocenters. The maximum atomic E-state index is 12.7. The molecule has 6 unspecified atom stereocenters. The van der Waals surface area contributed by atoms with Crippen LogP contribution < -0.4 is 0 Å². The van der Waals surface area contributed by atoms with Gasteiger partial charge in [-0.15, -0.1) is 0 Å². The number of aliphatic hydroxyl groups is 1. The fourth-order valence-electron chi connectivity index (χ4n) is 3.96. The summed E-state index contributed by atoms with van der Waals surface area (Å²) in [5.41, 5.74) is -2.52. The number of halogens is 7. The van der Waals surface area contributed by atoms with Gasteiger partial charge in [-0.1, -0.05) is 13.8 Å². The van der Waals surface area contributed by atoms with Crippen LogP contribution in [0.2, 0.25) is 0 Å². The first-order valence-electron chi connectivity index (χ1n) is 8.43. The summed E-state index contributed by atoms with van der Waals surface area (Å²) in [6.07, 6.45) is -2.72. The number of rotatable bonds is 3. The zero-order valence-corrected chi connectivity index (χ0v) is 15.1. The summed E-state index contributed by atoms with van der Waals surface area (Å²) in [4.78, 5) is 0. The lowest BCUT2D eigenvalue weighted by Crippen LogP contribution is -2.45. The standard InChI is InChI=1S/C13H21F3O.C4H6F4/c1-7-8(2)11-5-9(7)4-10(11)6-12(3,17)13(14,15)16;1-3(5,6)4(2,7)8/h7-11,17H,4-6H2,1-3H3;1-2H3. The highest BCUT2D eigenvalue weighted by molar-refractivity contribution is 5.00. The second-order valence-electron chi connectivity index (χ2n) is 8.13. The first-order valence-corrected chi connectivity index (χ1v) is 8.43. The predicted octanol–water partition coefficient (Wildman–Crippen LogP) is 5.91. The van der Waals surface area contributed by atoms with E-state index in [1.54, 1.807) is 0 Å². The summed E-state index contributed by atoms with van der Waals surface area (Å²) in [5, 5.41) is 9.57. The van der Waals surface area contributed by atoms with Gasteiger partial charge in [0.1, 0.15) is 0 Å². The topological polar surface area (TPSA) is 20.2 Å². The van der Waals surface area contributed by atoms with Crippen molar-refractivity contribution in [1.29, 1.82) is 0 Å². The Labute approximate surface area is 144 Å². The van der Waals surface area contributed by atoms with Crippen molar-refractivity contribution in [2.24, 2.45) is 29.6 Å². The van der Waals surface area contributed by atoms with Gasteiger partial charge in [0.2, 0.25) is 0 Å². The molecular weight excluding hydrogens is 353 g/mol. The van der Waals surface area contributed by atoms with Gasteiger partial charge in [0.05, 0.1) is 0 Å². The Kier molecular flexibility index (Phi) is 6.20. The first-order chi connectivity index (χ1) is 10.9. The van der Waals surface area contributed by atoms with Gasteiger partial charge in [0.15, 0.2) is 5.60 Å². The predicted molar refractivity (Wildman–Crippen MR) is 80.6 cm³/mol. The molecule has 2 rings (SSSR count). The molecule has 150 valence electrons. The van der Waals surface area contributed by atoms with Crippen LogP contribution in [-0.4, -0.2) is 28.7 Å². The van der Waals surface area contributed by atoms with Crippen molar-refractivity contribution < 1.29 is 35.8 Å². The zero-order valence-electron chi connectivity index (χ0n) is 15.1. The van der Waals surface area contributed by atoms with E-state index >= 15 is 0 Å². The van der Waals surface area contributed by atoms with Crippen molar-refractivity contribution in [1.82, 2.24) is 0 Å². The average Bonchev–Trinajstić information content (AvgIpc) is 2.87. The van der Waals surface area contributed by atoms with E-state index in [-0.39, 0.29) is 26.2 Å². The van der Waals surface area contributed by atoms with E-state index in [1.165, 1.54) is 0 Å². The molecule has 0 radical (unpaired) electrons. The SMILES string of the molecule is CC(F)(F)C(C)(F)F.CC1C2CC(CC(C)(O)C(F)(F)F)C(C2)C1C. The molecule has 2 saturated carbocycles. The molecule has 8 heteroatoms. The lowest BCUT2D eigenvalue weighted by molar-refractivity contribution is -0.260. The maximum Gasteiger partial charge on any atom is 0.416 e. The molecule has 0 aromatic carbocycles.